The molecule has 0 spiro atoms. The molecule has 1 heterocycles. The Morgan fingerprint density at radius 1 is 1.03 bits per heavy atom. The zero-order valence-electron chi connectivity index (χ0n) is 18.9. The summed E-state index contributed by atoms with van der Waals surface area (Å²) in [4.78, 5) is 40.0. The van der Waals surface area contributed by atoms with E-state index in [-0.39, 0.29) is 33.0 Å². The average molecular weight is 526 g/mol. The summed E-state index contributed by atoms with van der Waals surface area (Å²) in [6, 6.07) is 9.61. The Morgan fingerprint density at radius 3 is 2.24 bits per heavy atom. The first-order valence-electron chi connectivity index (χ1n) is 10.6. The van der Waals surface area contributed by atoms with Crippen LogP contribution in [0.1, 0.15) is 36.7 Å². The maximum Gasteiger partial charge on any atom is 0.269 e. The van der Waals surface area contributed by atoms with E-state index < -0.39 is 40.3 Å². The summed E-state index contributed by atoms with van der Waals surface area (Å²) in [7, 11) is -4.20. The molecule has 0 radical (unpaired) electrons. The van der Waals surface area contributed by atoms with Gasteiger partial charge in [0.15, 0.2) is 0 Å². The lowest BCUT2D eigenvalue weighted by Gasteiger charge is -2.30. The summed E-state index contributed by atoms with van der Waals surface area (Å²) in [5, 5.41) is 3.35. The third-order valence-corrected chi connectivity index (χ3v) is 7.93. The molecule has 8 nitrogen and oxygen atoms in total. The summed E-state index contributed by atoms with van der Waals surface area (Å²) in [5.74, 6) is -1.78. The number of nitrogens with one attached hydrogen (secondary N) is 1. The van der Waals surface area contributed by atoms with Gasteiger partial charge in [0, 0.05) is 28.7 Å². The van der Waals surface area contributed by atoms with Crippen LogP contribution in [0.25, 0.3) is 0 Å². The van der Waals surface area contributed by atoms with Gasteiger partial charge in [-0.2, -0.15) is 0 Å². The molecule has 1 atom stereocenters. The van der Waals surface area contributed by atoms with Crippen LogP contribution in [-0.4, -0.2) is 54.5 Å². The van der Waals surface area contributed by atoms with Gasteiger partial charge in [-0.1, -0.05) is 55.2 Å². The first-order valence-corrected chi connectivity index (χ1v) is 12.8. The smallest absolute Gasteiger partial charge is 0.269 e. The number of carbonyl (C=O) groups is 3. The summed E-state index contributed by atoms with van der Waals surface area (Å²) in [6.45, 7) is 4.86. The van der Waals surface area contributed by atoms with Gasteiger partial charge in [-0.25, -0.2) is 12.7 Å². The van der Waals surface area contributed by atoms with Crippen LogP contribution in [0.4, 0.5) is 0 Å². The molecule has 3 amide bonds. The second-order valence-corrected chi connectivity index (χ2v) is 11.0. The number of hydrogen-bond donors (Lipinski definition) is 1. The Labute approximate surface area is 208 Å². The van der Waals surface area contributed by atoms with Crippen LogP contribution in [0.2, 0.25) is 10.0 Å². The third-order valence-electron chi connectivity index (χ3n) is 5.43. The van der Waals surface area contributed by atoms with Crippen LogP contribution < -0.4 is 5.32 Å². The highest BCUT2D eigenvalue weighted by Crippen LogP contribution is 2.31. The van der Waals surface area contributed by atoms with Crippen molar-refractivity contribution in [3.05, 3.63) is 63.6 Å². The van der Waals surface area contributed by atoms with E-state index in [1.807, 2.05) is 13.8 Å². The molecule has 0 aliphatic carbocycles. The molecule has 2 aromatic carbocycles. The van der Waals surface area contributed by atoms with Gasteiger partial charge in [0.2, 0.25) is 11.8 Å². The molecule has 0 unspecified atom stereocenters. The minimum Gasteiger partial charge on any atom is -0.354 e. The lowest BCUT2D eigenvalue weighted by molar-refractivity contribution is -0.140. The summed E-state index contributed by atoms with van der Waals surface area (Å²) in [6.07, 6.45) is 0. The van der Waals surface area contributed by atoms with Crippen molar-refractivity contribution >= 4 is 50.9 Å². The predicted molar refractivity (Wildman–Crippen MR) is 129 cm³/mol. The quantitative estimate of drug-likeness (QED) is 0.569. The van der Waals surface area contributed by atoms with Gasteiger partial charge >= 0.3 is 0 Å². The van der Waals surface area contributed by atoms with E-state index >= 15 is 0 Å². The molecule has 1 aliphatic heterocycles. The van der Waals surface area contributed by atoms with Crippen LogP contribution in [0.3, 0.4) is 0 Å². The Morgan fingerprint density at radius 2 is 1.65 bits per heavy atom. The van der Waals surface area contributed by atoms with Crippen LogP contribution >= 0.6 is 23.2 Å². The minimum absolute atomic E-state index is 0.00118. The molecule has 1 aliphatic rings. The lowest BCUT2D eigenvalue weighted by Crippen LogP contribution is -2.51. The maximum absolute atomic E-state index is 13.4. The number of rotatable bonds is 8. The van der Waals surface area contributed by atoms with Crippen molar-refractivity contribution in [1.29, 1.82) is 0 Å². The third kappa shape index (κ3) is 5.21. The Hall–Kier alpha value is -2.62. The molecule has 34 heavy (non-hydrogen) atoms. The second-order valence-electron chi connectivity index (χ2n) is 8.35. The molecular formula is C23H25Cl2N3O5S. The Balaban J connectivity index is 1.92. The van der Waals surface area contributed by atoms with Crippen molar-refractivity contribution in [3.8, 4) is 0 Å². The second kappa shape index (κ2) is 10.3. The maximum atomic E-state index is 13.4. The molecule has 0 fully saturated rings. The van der Waals surface area contributed by atoms with Crippen molar-refractivity contribution in [2.24, 2.45) is 5.92 Å². The molecule has 1 N–H and O–H groups in total. The van der Waals surface area contributed by atoms with E-state index in [2.05, 4.69) is 5.32 Å². The van der Waals surface area contributed by atoms with E-state index in [1.165, 1.54) is 30.0 Å². The molecule has 182 valence electrons. The molecule has 0 saturated carbocycles. The van der Waals surface area contributed by atoms with Crippen LogP contribution in [-0.2, 0) is 26.2 Å². The minimum atomic E-state index is -4.20. The van der Waals surface area contributed by atoms with Crippen molar-refractivity contribution in [2.45, 2.75) is 38.3 Å². The van der Waals surface area contributed by atoms with E-state index in [4.69, 9.17) is 23.2 Å². The van der Waals surface area contributed by atoms with E-state index in [9.17, 15) is 22.8 Å². The number of hydrogen-bond acceptors (Lipinski definition) is 5. The van der Waals surface area contributed by atoms with Crippen molar-refractivity contribution < 1.29 is 22.8 Å². The molecule has 0 saturated heterocycles. The molecule has 3 rings (SSSR count). The topological polar surface area (TPSA) is 104 Å². The molecule has 0 aromatic heterocycles. The molecule has 0 bridgehead atoms. The van der Waals surface area contributed by atoms with Gasteiger partial charge in [0.05, 0.1) is 5.56 Å². The van der Waals surface area contributed by atoms with Gasteiger partial charge in [0.1, 0.15) is 17.5 Å². The standard InChI is InChI=1S/C23H25Cl2N3O5S/c1-14(2)11-26-22(30)15(3)27(12-17-18(24)8-6-9-19(17)25)21(29)13-28-23(31)16-7-4-5-10-20(16)34(28,32)33/h4-10,14-15H,11-13H2,1-3H3,(H,26,30)/t15-/m0/s1. The van der Waals surface area contributed by atoms with Gasteiger partial charge in [-0.15, -0.1) is 0 Å². The van der Waals surface area contributed by atoms with Crippen LogP contribution in [0, 0.1) is 5.92 Å². The van der Waals surface area contributed by atoms with Crippen molar-refractivity contribution in [1.82, 2.24) is 14.5 Å². The van der Waals surface area contributed by atoms with Crippen LogP contribution in [0.5, 0.6) is 0 Å². The molecule has 2 aromatic rings. The number of carbonyl (C=O) groups excluding carboxylic acids is 3. The van der Waals surface area contributed by atoms with Gasteiger partial charge < -0.3 is 10.2 Å². The fourth-order valence-electron chi connectivity index (χ4n) is 3.49. The van der Waals surface area contributed by atoms with Crippen molar-refractivity contribution in [2.75, 3.05) is 13.1 Å². The van der Waals surface area contributed by atoms with Gasteiger partial charge in [-0.05, 0) is 37.1 Å². The fraction of sp³-hybridized carbons (Fsp3) is 0.348. The molecular weight excluding hydrogens is 501 g/mol. The number of halogens is 2. The lowest BCUT2D eigenvalue weighted by atomic mass is 10.1. The van der Waals surface area contributed by atoms with E-state index in [0.29, 0.717) is 16.4 Å². The fourth-order valence-corrected chi connectivity index (χ4v) is 5.52. The Bertz CT molecular complexity index is 1210. The largest absolute Gasteiger partial charge is 0.354 e. The van der Waals surface area contributed by atoms with Crippen molar-refractivity contribution in [3.63, 3.8) is 0 Å². The zero-order valence-corrected chi connectivity index (χ0v) is 21.2. The van der Waals surface area contributed by atoms with E-state index in [1.54, 1.807) is 24.3 Å². The average Bonchev–Trinajstić information content (AvgIpc) is 2.97. The van der Waals surface area contributed by atoms with E-state index in [0.717, 1.165) is 0 Å². The number of fused-ring (bicyclic) bond motifs is 1. The highest BCUT2D eigenvalue weighted by atomic mass is 35.5. The first-order chi connectivity index (χ1) is 15.9. The number of amides is 3. The summed E-state index contributed by atoms with van der Waals surface area (Å²) in [5.41, 5.74) is 0.403. The Kier molecular flexibility index (Phi) is 7.90. The SMILES string of the molecule is CC(C)CNC(=O)[C@H](C)N(Cc1c(Cl)cccc1Cl)C(=O)CN1C(=O)c2ccccc2S1(=O)=O. The number of sulfonamides is 1. The highest BCUT2D eigenvalue weighted by molar-refractivity contribution is 7.90. The summed E-state index contributed by atoms with van der Waals surface area (Å²) < 4.78 is 26.4. The number of nitrogens with zero attached hydrogens (tertiary/aromatic N) is 2. The molecule has 11 heteroatoms. The van der Waals surface area contributed by atoms with Crippen LogP contribution in [0.15, 0.2) is 47.4 Å². The van der Waals surface area contributed by atoms with Gasteiger partial charge in [-0.3, -0.25) is 14.4 Å². The predicted octanol–water partition coefficient (Wildman–Crippen LogP) is 3.33. The normalized spacial score (nSPS) is 15.2. The first kappa shape index (κ1) is 26.0. The van der Waals surface area contributed by atoms with Gasteiger partial charge in [0.25, 0.3) is 15.9 Å². The highest BCUT2D eigenvalue weighted by Gasteiger charge is 2.43. The number of benzene rings is 2. The monoisotopic (exact) mass is 525 g/mol. The zero-order chi connectivity index (χ0) is 25.2. The summed E-state index contributed by atoms with van der Waals surface area (Å²) >= 11 is 12.6.